The Morgan fingerprint density at radius 1 is 1.19 bits per heavy atom. The van der Waals surface area contributed by atoms with Gasteiger partial charge in [-0.3, -0.25) is 9.59 Å². The Morgan fingerprint density at radius 3 is 2.85 bits per heavy atom. The van der Waals surface area contributed by atoms with Crippen molar-refractivity contribution in [1.29, 1.82) is 0 Å². The fourth-order valence-electron chi connectivity index (χ4n) is 3.69. The van der Waals surface area contributed by atoms with E-state index >= 15 is 0 Å². The number of halogens is 2. The largest absolute Gasteiger partial charge is 0.323 e. The minimum absolute atomic E-state index is 0.0333. The summed E-state index contributed by atoms with van der Waals surface area (Å²) < 4.78 is 14.0. The van der Waals surface area contributed by atoms with E-state index in [0.29, 0.717) is 6.54 Å². The fourth-order valence-corrected chi connectivity index (χ4v) is 3.87. The molecule has 1 N–H and O–H groups in total. The van der Waals surface area contributed by atoms with Crippen LogP contribution in [-0.4, -0.2) is 18.4 Å². The van der Waals surface area contributed by atoms with Crippen LogP contribution in [0.25, 0.3) is 0 Å². The number of benzene rings is 2. The highest BCUT2D eigenvalue weighted by Crippen LogP contribution is 2.31. The minimum Gasteiger partial charge on any atom is -0.323 e. The Morgan fingerprint density at radius 2 is 2.00 bits per heavy atom. The highest BCUT2D eigenvalue weighted by molar-refractivity contribution is 6.31. The summed E-state index contributed by atoms with van der Waals surface area (Å²) in [6.07, 6.45) is 3.37. The van der Waals surface area contributed by atoms with Gasteiger partial charge < -0.3 is 10.2 Å². The van der Waals surface area contributed by atoms with Crippen LogP contribution < -0.4 is 10.2 Å². The van der Waals surface area contributed by atoms with Crippen molar-refractivity contribution in [3.8, 4) is 0 Å². The highest BCUT2D eigenvalue weighted by Gasteiger charge is 2.35. The van der Waals surface area contributed by atoms with Crippen molar-refractivity contribution in [2.45, 2.75) is 25.7 Å². The van der Waals surface area contributed by atoms with E-state index in [9.17, 15) is 14.0 Å². The van der Waals surface area contributed by atoms with Crippen molar-refractivity contribution in [2.75, 3.05) is 16.8 Å². The molecule has 4 nitrogen and oxygen atoms in total. The Bertz CT molecular complexity index is 899. The number of aryl methyl sites for hydroxylation is 2. The van der Waals surface area contributed by atoms with Gasteiger partial charge in [0.2, 0.25) is 11.8 Å². The molecule has 0 aromatic heterocycles. The lowest BCUT2D eigenvalue weighted by atomic mass is 10.1. The number of rotatable bonds is 3. The monoisotopic (exact) mass is 372 g/mol. The Hall–Kier alpha value is -2.40. The van der Waals surface area contributed by atoms with Crippen molar-refractivity contribution >= 4 is 34.8 Å². The minimum atomic E-state index is -0.665. The predicted octanol–water partition coefficient (Wildman–Crippen LogP) is 3.96. The summed E-state index contributed by atoms with van der Waals surface area (Å²) >= 11 is 5.74. The quantitative estimate of drug-likeness (QED) is 0.886. The summed E-state index contributed by atoms with van der Waals surface area (Å²) in [6, 6.07) is 10.5. The first-order chi connectivity index (χ1) is 12.5. The Balaban J connectivity index is 1.49. The van der Waals surface area contributed by atoms with Crippen LogP contribution in [0.2, 0.25) is 5.02 Å². The summed E-state index contributed by atoms with van der Waals surface area (Å²) in [7, 11) is 0. The molecule has 4 rings (SSSR count). The van der Waals surface area contributed by atoms with Crippen LogP contribution in [0, 0.1) is 11.7 Å². The van der Waals surface area contributed by atoms with Crippen LogP contribution in [0.4, 0.5) is 15.8 Å². The number of fused-ring (bicyclic) bond motifs is 1. The fraction of sp³-hybridized carbons (Fsp3) is 0.300. The summed E-state index contributed by atoms with van der Waals surface area (Å²) in [5, 5.41) is 2.50. The SMILES string of the molecule is O=C(Nc1cccc(Cl)c1F)[C@H]1CC(=O)N(c2ccc3c(c2)CCC3)C1. The van der Waals surface area contributed by atoms with Crippen LogP contribution in [0.1, 0.15) is 24.0 Å². The lowest BCUT2D eigenvalue weighted by Crippen LogP contribution is -2.28. The van der Waals surface area contributed by atoms with Gasteiger partial charge in [0.15, 0.2) is 5.82 Å². The maximum atomic E-state index is 14.0. The second kappa shape index (κ2) is 6.72. The lowest BCUT2D eigenvalue weighted by Gasteiger charge is -2.18. The molecule has 2 aromatic rings. The third-order valence-corrected chi connectivity index (χ3v) is 5.39. The van der Waals surface area contributed by atoms with Crippen LogP contribution >= 0.6 is 11.6 Å². The number of nitrogens with one attached hydrogen (secondary N) is 1. The normalized spacial score (nSPS) is 18.9. The standard InChI is InChI=1S/C20H18ClFN2O2/c21-16-5-2-6-17(19(16)22)23-20(26)14-10-18(25)24(11-14)15-8-7-12-3-1-4-13(12)9-15/h2,5-9,14H,1,3-4,10-11H2,(H,23,26)/t14-/m0/s1. The zero-order valence-electron chi connectivity index (χ0n) is 14.1. The smallest absolute Gasteiger partial charge is 0.229 e. The molecule has 26 heavy (non-hydrogen) atoms. The number of hydrogen-bond donors (Lipinski definition) is 1. The van der Waals surface area contributed by atoms with E-state index in [-0.39, 0.29) is 28.9 Å². The van der Waals surface area contributed by atoms with E-state index in [1.165, 1.54) is 23.3 Å². The molecule has 0 saturated carbocycles. The van der Waals surface area contributed by atoms with Gasteiger partial charge in [-0.05, 0) is 54.7 Å². The number of carbonyl (C=O) groups excluding carboxylic acids is 2. The van der Waals surface area contributed by atoms with Gasteiger partial charge in [0.05, 0.1) is 16.6 Å². The average molecular weight is 373 g/mol. The van der Waals surface area contributed by atoms with Gasteiger partial charge in [-0.1, -0.05) is 23.7 Å². The highest BCUT2D eigenvalue weighted by atomic mass is 35.5. The van der Waals surface area contributed by atoms with Gasteiger partial charge in [-0.2, -0.15) is 0 Å². The van der Waals surface area contributed by atoms with Crippen LogP contribution in [0.3, 0.4) is 0 Å². The van der Waals surface area contributed by atoms with Crippen LogP contribution in [0.15, 0.2) is 36.4 Å². The molecule has 6 heteroatoms. The third-order valence-electron chi connectivity index (χ3n) is 5.10. The van der Waals surface area contributed by atoms with Crippen molar-refractivity contribution in [2.24, 2.45) is 5.92 Å². The molecule has 1 saturated heterocycles. The average Bonchev–Trinajstić information content (AvgIpc) is 3.24. The van der Waals surface area contributed by atoms with Gasteiger partial charge in [0.1, 0.15) is 0 Å². The molecule has 1 heterocycles. The van der Waals surface area contributed by atoms with E-state index in [1.807, 2.05) is 6.07 Å². The number of hydrogen-bond acceptors (Lipinski definition) is 2. The molecule has 0 unspecified atom stereocenters. The zero-order chi connectivity index (χ0) is 18.3. The van der Waals surface area contributed by atoms with Gasteiger partial charge in [-0.25, -0.2) is 4.39 Å². The van der Waals surface area contributed by atoms with Crippen molar-refractivity contribution < 1.29 is 14.0 Å². The van der Waals surface area contributed by atoms with E-state index in [0.717, 1.165) is 24.9 Å². The van der Waals surface area contributed by atoms with E-state index in [2.05, 4.69) is 17.4 Å². The maximum Gasteiger partial charge on any atom is 0.229 e. The maximum absolute atomic E-state index is 14.0. The molecular weight excluding hydrogens is 355 g/mol. The Kier molecular flexibility index (Phi) is 4.41. The van der Waals surface area contributed by atoms with Crippen LogP contribution in [-0.2, 0) is 22.4 Å². The molecule has 2 aliphatic rings. The molecule has 1 atom stereocenters. The molecule has 134 valence electrons. The van der Waals surface area contributed by atoms with Crippen molar-refractivity contribution in [1.82, 2.24) is 0 Å². The lowest BCUT2D eigenvalue weighted by molar-refractivity contribution is -0.122. The summed E-state index contributed by atoms with van der Waals surface area (Å²) in [4.78, 5) is 26.6. The van der Waals surface area contributed by atoms with Gasteiger partial charge in [0, 0.05) is 18.7 Å². The third kappa shape index (κ3) is 3.07. The van der Waals surface area contributed by atoms with Crippen molar-refractivity contribution in [3.63, 3.8) is 0 Å². The molecule has 2 aromatic carbocycles. The Labute approximate surface area is 155 Å². The number of carbonyl (C=O) groups is 2. The molecule has 0 bridgehead atoms. The number of amides is 2. The first-order valence-electron chi connectivity index (χ1n) is 8.70. The second-order valence-electron chi connectivity index (χ2n) is 6.80. The molecule has 0 radical (unpaired) electrons. The summed E-state index contributed by atoms with van der Waals surface area (Å²) in [5.41, 5.74) is 3.49. The molecule has 0 spiro atoms. The van der Waals surface area contributed by atoms with E-state index < -0.39 is 11.7 Å². The summed E-state index contributed by atoms with van der Waals surface area (Å²) in [5.74, 6) is -1.64. The molecule has 1 aliphatic carbocycles. The van der Waals surface area contributed by atoms with E-state index in [4.69, 9.17) is 11.6 Å². The number of anilines is 2. The molecular formula is C20H18ClFN2O2. The topological polar surface area (TPSA) is 49.4 Å². The molecule has 1 fully saturated rings. The predicted molar refractivity (Wildman–Crippen MR) is 99.0 cm³/mol. The van der Waals surface area contributed by atoms with E-state index in [1.54, 1.807) is 11.0 Å². The summed E-state index contributed by atoms with van der Waals surface area (Å²) in [6.45, 7) is 0.297. The van der Waals surface area contributed by atoms with Crippen LogP contribution in [0.5, 0.6) is 0 Å². The van der Waals surface area contributed by atoms with Gasteiger partial charge in [-0.15, -0.1) is 0 Å². The number of nitrogens with zero attached hydrogens (tertiary/aromatic N) is 1. The van der Waals surface area contributed by atoms with Gasteiger partial charge in [0.25, 0.3) is 0 Å². The molecule has 1 aliphatic heterocycles. The van der Waals surface area contributed by atoms with Gasteiger partial charge >= 0.3 is 0 Å². The second-order valence-corrected chi connectivity index (χ2v) is 7.21. The first-order valence-corrected chi connectivity index (χ1v) is 9.08. The first kappa shape index (κ1) is 17.0. The zero-order valence-corrected chi connectivity index (χ0v) is 14.9. The van der Waals surface area contributed by atoms with Crippen molar-refractivity contribution in [3.05, 3.63) is 58.4 Å². The molecule has 2 amide bonds.